The average molecular weight is 348 g/mol. The van der Waals surface area contributed by atoms with Crippen LogP contribution in [0.5, 0.6) is 0 Å². The van der Waals surface area contributed by atoms with Gasteiger partial charge in [0.1, 0.15) is 5.82 Å². The lowest BCUT2D eigenvalue weighted by Gasteiger charge is -2.07. The molecule has 0 bridgehead atoms. The number of halogens is 2. The summed E-state index contributed by atoms with van der Waals surface area (Å²) in [6.45, 7) is 4.48. The van der Waals surface area contributed by atoms with Crippen molar-refractivity contribution in [3.05, 3.63) is 63.0 Å². The van der Waals surface area contributed by atoms with Gasteiger partial charge in [0.2, 0.25) is 0 Å². The highest BCUT2D eigenvalue weighted by molar-refractivity contribution is 6.31. The van der Waals surface area contributed by atoms with Crippen molar-refractivity contribution in [3.8, 4) is 0 Å². The van der Waals surface area contributed by atoms with Crippen LogP contribution in [0, 0.1) is 11.7 Å². The standard InChI is InChI=1S/C18H19ClFN3O/c1-11(2)7-17-12-8-23(9-13(12)18(24)22(3)21-17)10-14-15(19)5-4-6-16(14)20/h4-6,8-9,11H,7,10H2,1-3H3. The zero-order valence-corrected chi connectivity index (χ0v) is 14.6. The van der Waals surface area contributed by atoms with Gasteiger partial charge in [0, 0.05) is 35.4 Å². The van der Waals surface area contributed by atoms with E-state index in [4.69, 9.17) is 11.6 Å². The molecule has 0 N–H and O–H groups in total. The normalized spacial score (nSPS) is 11.6. The van der Waals surface area contributed by atoms with Crippen LogP contribution in [0.25, 0.3) is 10.8 Å². The molecule has 0 fully saturated rings. The molecule has 0 unspecified atom stereocenters. The Morgan fingerprint density at radius 1 is 1.25 bits per heavy atom. The number of nitrogens with zero attached hydrogens (tertiary/aromatic N) is 3. The Kier molecular flexibility index (Phi) is 4.45. The summed E-state index contributed by atoms with van der Waals surface area (Å²) in [5.41, 5.74) is 1.13. The predicted octanol–water partition coefficient (Wildman–Crippen LogP) is 3.77. The molecule has 3 rings (SSSR count). The Bertz CT molecular complexity index is 939. The predicted molar refractivity (Wildman–Crippen MR) is 94.0 cm³/mol. The maximum atomic E-state index is 14.0. The van der Waals surface area contributed by atoms with E-state index in [0.29, 0.717) is 21.9 Å². The molecule has 0 saturated heterocycles. The van der Waals surface area contributed by atoms with Gasteiger partial charge < -0.3 is 4.57 Å². The van der Waals surface area contributed by atoms with E-state index in [2.05, 4.69) is 18.9 Å². The summed E-state index contributed by atoms with van der Waals surface area (Å²) in [6, 6.07) is 4.62. The molecule has 0 aliphatic heterocycles. The number of aryl methyl sites for hydroxylation is 1. The van der Waals surface area contributed by atoms with Gasteiger partial charge in [0.25, 0.3) is 5.56 Å². The molecule has 0 spiro atoms. The van der Waals surface area contributed by atoms with Crippen molar-refractivity contribution in [1.82, 2.24) is 14.3 Å². The van der Waals surface area contributed by atoms with Crippen LogP contribution in [0.2, 0.25) is 5.02 Å². The quantitative estimate of drug-likeness (QED) is 0.720. The zero-order valence-electron chi connectivity index (χ0n) is 13.9. The van der Waals surface area contributed by atoms with Crippen molar-refractivity contribution in [2.45, 2.75) is 26.8 Å². The third-order valence-corrected chi connectivity index (χ3v) is 4.34. The summed E-state index contributed by atoms with van der Waals surface area (Å²) >= 11 is 6.10. The first-order chi connectivity index (χ1) is 11.4. The van der Waals surface area contributed by atoms with Crippen molar-refractivity contribution < 1.29 is 4.39 Å². The van der Waals surface area contributed by atoms with Crippen LogP contribution in [-0.4, -0.2) is 14.3 Å². The van der Waals surface area contributed by atoms with Crippen LogP contribution in [-0.2, 0) is 20.0 Å². The first kappa shape index (κ1) is 16.7. The summed E-state index contributed by atoms with van der Waals surface area (Å²) < 4.78 is 17.2. The number of fused-ring (bicyclic) bond motifs is 1. The van der Waals surface area contributed by atoms with Gasteiger partial charge in [-0.15, -0.1) is 0 Å². The van der Waals surface area contributed by atoms with Crippen LogP contribution in [0.4, 0.5) is 4.39 Å². The van der Waals surface area contributed by atoms with E-state index in [-0.39, 0.29) is 17.9 Å². The highest BCUT2D eigenvalue weighted by atomic mass is 35.5. The van der Waals surface area contributed by atoms with Gasteiger partial charge in [-0.2, -0.15) is 5.10 Å². The third kappa shape index (κ3) is 3.08. The lowest BCUT2D eigenvalue weighted by molar-refractivity contribution is 0.600. The first-order valence-electron chi connectivity index (χ1n) is 7.85. The Balaban J connectivity index is 2.11. The molecule has 2 aromatic heterocycles. The number of hydrogen-bond acceptors (Lipinski definition) is 2. The summed E-state index contributed by atoms with van der Waals surface area (Å²) in [5.74, 6) is 0.0660. The molecule has 1 aromatic carbocycles. The van der Waals surface area contributed by atoms with Gasteiger partial charge in [-0.3, -0.25) is 4.79 Å². The lowest BCUT2D eigenvalue weighted by atomic mass is 10.1. The Hall–Kier alpha value is -2.14. The fourth-order valence-electron chi connectivity index (χ4n) is 2.86. The Morgan fingerprint density at radius 3 is 2.62 bits per heavy atom. The van der Waals surface area contributed by atoms with E-state index >= 15 is 0 Å². The molecule has 3 aromatic rings. The van der Waals surface area contributed by atoms with Crippen LogP contribution < -0.4 is 5.56 Å². The topological polar surface area (TPSA) is 39.8 Å². The molecule has 24 heavy (non-hydrogen) atoms. The first-order valence-corrected chi connectivity index (χ1v) is 8.23. The Morgan fingerprint density at radius 2 is 1.96 bits per heavy atom. The van der Waals surface area contributed by atoms with Crippen molar-refractivity contribution in [1.29, 1.82) is 0 Å². The molecule has 0 aliphatic carbocycles. The Labute approximate surface area is 144 Å². The molecule has 6 heteroatoms. The monoisotopic (exact) mass is 347 g/mol. The summed E-state index contributed by atoms with van der Waals surface area (Å²) in [6.07, 6.45) is 4.37. The molecule has 0 atom stereocenters. The van der Waals surface area contributed by atoms with E-state index in [1.807, 2.05) is 6.20 Å². The minimum absolute atomic E-state index is 0.157. The molecule has 0 amide bonds. The second-order valence-corrected chi connectivity index (χ2v) is 6.84. The molecule has 4 nitrogen and oxygen atoms in total. The number of benzene rings is 1. The minimum Gasteiger partial charge on any atom is -0.348 e. The molecule has 0 aliphatic rings. The van der Waals surface area contributed by atoms with Gasteiger partial charge >= 0.3 is 0 Å². The van der Waals surface area contributed by atoms with Gasteiger partial charge in [-0.1, -0.05) is 31.5 Å². The average Bonchev–Trinajstić information content (AvgIpc) is 2.92. The second-order valence-electron chi connectivity index (χ2n) is 6.43. The van der Waals surface area contributed by atoms with E-state index in [1.165, 1.54) is 10.7 Å². The number of hydrogen-bond donors (Lipinski definition) is 0. The van der Waals surface area contributed by atoms with Gasteiger partial charge in [0.15, 0.2) is 0 Å². The minimum atomic E-state index is -0.353. The van der Waals surface area contributed by atoms with E-state index < -0.39 is 0 Å². The van der Waals surface area contributed by atoms with Crippen LogP contribution in [0.1, 0.15) is 25.1 Å². The van der Waals surface area contributed by atoms with E-state index in [9.17, 15) is 9.18 Å². The number of aromatic nitrogens is 3. The fourth-order valence-corrected chi connectivity index (χ4v) is 3.08. The van der Waals surface area contributed by atoms with Crippen molar-refractivity contribution >= 4 is 22.4 Å². The van der Waals surface area contributed by atoms with Crippen LogP contribution in [0.3, 0.4) is 0 Å². The SMILES string of the molecule is CC(C)Cc1nn(C)c(=O)c2cn(Cc3c(F)cccc3Cl)cc12. The maximum absolute atomic E-state index is 14.0. The van der Waals surface area contributed by atoms with E-state index in [0.717, 1.165) is 17.5 Å². The van der Waals surface area contributed by atoms with E-state index in [1.54, 1.807) is 29.9 Å². The summed E-state index contributed by atoms with van der Waals surface area (Å²) in [5, 5.41) is 6.18. The zero-order chi connectivity index (χ0) is 17.4. The molecular weight excluding hydrogens is 329 g/mol. The second kappa shape index (κ2) is 6.40. The lowest BCUT2D eigenvalue weighted by Crippen LogP contribution is -2.21. The van der Waals surface area contributed by atoms with Crippen molar-refractivity contribution in [3.63, 3.8) is 0 Å². The van der Waals surface area contributed by atoms with Gasteiger partial charge in [0.05, 0.1) is 17.6 Å². The van der Waals surface area contributed by atoms with Gasteiger partial charge in [-0.25, -0.2) is 9.07 Å². The fraction of sp³-hybridized carbons (Fsp3) is 0.333. The number of rotatable bonds is 4. The molecule has 0 saturated carbocycles. The van der Waals surface area contributed by atoms with Crippen molar-refractivity contribution in [2.24, 2.45) is 13.0 Å². The summed E-state index contributed by atoms with van der Waals surface area (Å²) in [4.78, 5) is 12.4. The summed E-state index contributed by atoms with van der Waals surface area (Å²) in [7, 11) is 1.65. The highest BCUT2D eigenvalue weighted by Gasteiger charge is 2.14. The van der Waals surface area contributed by atoms with Crippen molar-refractivity contribution in [2.75, 3.05) is 0 Å². The largest absolute Gasteiger partial charge is 0.348 e. The molecule has 126 valence electrons. The molecule has 2 heterocycles. The smallest absolute Gasteiger partial charge is 0.275 e. The third-order valence-electron chi connectivity index (χ3n) is 3.99. The maximum Gasteiger partial charge on any atom is 0.275 e. The van der Waals surface area contributed by atoms with Crippen LogP contribution >= 0.6 is 11.6 Å². The molecule has 0 radical (unpaired) electrons. The van der Waals surface area contributed by atoms with Gasteiger partial charge in [-0.05, 0) is 24.5 Å². The molecular formula is C18H19ClFN3O. The van der Waals surface area contributed by atoms with Crippen LogP contribution in [0.15, 0.2) is 35.4 Å². The highest BCUT2D eigenvalue weighted by Crippen LogP contribution is 2.23.